The summed E-state index contributed by atoms with van der Waals surface area (Å²) in [6.07, 6.45) is 5.79. The summed E-state index contributed by atoms with van der Waals surface area (Å²) in [6.45, 7) is 0.216. The normalized spacial score (nSPS) is 22.9. The van der Waals surface area contributed by atoms with Gasteiger partial charge in [-0.15, -0.1) is 0 Å². The van der Waals surface area contributed by atoms with Gasteiger partial charge in [-0.2, -0.15) is 11.8 Å². The van der Waals surface area contributed by atoms with Crippen LogP contribution >= 0.6 is 35.0 Å². The molecule has 28 heavy (non-hydrogen) atoms. The molecular weight excluding hydrogens is 419 g/mol. The van der Waals surface area contributed by atoms with Crippen molar-refractivity contribution in [3.8, 4) is 0 Å². The van der Waals surface area contributed by atoms with E-state index in [-0.39, 0.29) is 36.1 Å². The number of halogens is 2. The molecule has 1 saturated carbocycles. The molecule has 1 heterocycles. The van der Waals surface area contributed by atoms with Crippen LogP contribution in [0, 0.1) is 11.8 Å². The lowest BCUT2D eigenvalue weighted by Crippen LogP contribution is -2.50. The van der Waals surface area contributed by atoms with E-state index in [0.29, 0.717) is 22.2 Å². The van der Waals surface area contributed by atoms with Crippen molar-refractivity contribution in [1.82, 2.24) is 10.2 Å². The number of rotatable bonds is 7. The standard InChI is InChI=1S/C20H24Cl2N2O3S/c1-28-9-8-17(18(25)23-11-12-6-7-13(21)10-16(12)22)24-19(26)14-4-2-3-5-15(14)20(24)27/h6-7,10,14-15,17H,2-5,8-9,11H2,1H3,(H,23,25)/t14-,15+,17-/m0/s1. The smallest absolute Gasteiger partial charge is 0.243 e. The van der Waals surface area contributed by atoms with Crippen LogP contribution in [0.4, 0.5) is 0 Å². The summed E-state index contributed by atoms with van der Waals surface area (Å²) in [7, 11) is 0. The van der Waals surface area contributed by atoms with Crippen LogP contribution in [0.1, 0.15) is 37.7 Å². The first-order valence-electron chi connectivity index (χ1n) is 9.51. The molecule has 3 amide bonds. The third kappa shape index (κ3) is 4.50. The molecule has 0 unspecified atom stereocenters. The Bertz CT molecular complexity index is 750. The monoisotopic (exact) mass is 442 g/mol. The predicted octanol–water partition coefficient (Wildman–Crippen LogP) is 3.91. The van der Waals surface area contributed by atoms with Crippen molar-refractivity contribution in [1.29, 1.82) is 0 Å². The molecule has 2 aliphatic rings. The number of amides is 3. The quantitative estimate of drug-likeness (QED) is 0.649. The fraction of sp³-hybridized carbons (Fsp3) is 0.550. The minimum atomic E-state index is -0.774. The highest BCUT2D eigenvalue weighted by Gasteiger charge is 2.51. The highest BCUT2D eigenvalue weighted by atomic mass is 35.5. The summed E-state index contributed by atoms with van der Waals surface area (Å²) in [5.74, 6) is -0.499. The van der Waals surface area contributed by atoms with Crippen molar-refractivity contribution in [2.24, 2.45) is 11.8 Å². The van der Waals surface area contributed by atoms with E-state index in [4.69, 9.17) is 23.2 Å². The van der Waals surface area contributed by atoms with Crippen LogP contribution in [0.2, 0.25) is 10.0 Å². The van der Waals surface area contributed by atoms with E-state index in [1.807, 2.05) is 6.26 Å². The van der Waals surface area contributed by atoms with E-state index in [2.05, 4.69) is 5.32 Å². The summed E-state index contributed by atoms with van der Waals surface area (Å²) in [4.78, 5) is 40.0. The molecule has 0 radical (unpaired) electrons. The van der Waals surface area contributed by atoms with Crippen LogP contribution in [-0.4, -0.2) is 40.7 Å². The van der Waals surface area contributed by atoms with E-state index in [9.17, 15) is 14.4 Å². The molecule has 1 N–H and O–H groups in total. The molecule has 0 bridgehead atoms. The summed E-state index contributed by atoms with van der Waals surface area (Å²) in [5.41, 5.74) is 0.732. The van der Waals surface area contributed by atoms with Crippen molar-refractivity contribution in [2.45, 2.75) is 44.7 Å². The molecule has 1 aliphatic heterocycles. The molecule has 0 aromatic heterocycles. The van der Waals surface area contributed by atoms with Crippen molar-refractivity contribution in [3.63, 3.8) is 0 Å². The number of carbonyl (C=O) groups excluding carboxylic acids is 3. The number of thioether (sulfide) groups is 1. The fourth-order valence-electron chi connectivity index (χ4n) is 4.07. The van der Waals surface area contributed by atoms with Gasteiger partial charge in [-0.25, -0.2) is 0 Å². The van der Waals surface area contributed by atoms with Gasteiger partial charge in [0.15, 0.2) is 0 Å². The highest BCUT2D eigenvalue weighted by Crippen LogP contribution is 2.39. The van der Waals surface area contributed by atoms with E-state index in [1.165, 1.54) is 4.90 Å². The molecule has 152 valence electrons. The Morgan fingerprint density at radius 3 is 2.43 bits per heavy atom. The SMILES string of the molecule is CSCC[C@@H](C(=O)NCc1ccc(Cl)cc1Cl)N1C(=O)[C@H]2CCCC[C@H]2C1=O. The first-order chi connectivity index (χ1) is 13.4. The molecule has 0 spiro atoms. The second-order valence-corrected chi connectivity index (χ2v) is 9.12. The second kappa shape index (κ2) is 9.51. The van der Waals surface area contributed by atoms with Gasteiger partial charge >= 0.3 is 0 Å². The van der Waals surface area contributed by atoms with Crippen LogP contribution < -0.4 is 5.32 Å². The van der Waals surface area contributed by atoms with Gasteiger partial charge < -0.3 is 5.32 Å². The van der Waals surface area contributed by atoms with Crippen molar-refractivity contribution < 1.29 is 14.4 Å². The van der Waals surface area contributed by atoms with Gasteiger partial charge in [0.05, 0.1) is 11.8 Å². The fourth-order valence-corrected chi connectivity index (χ4v) is 5.00. The Balaban J connectivity index is 1.74. The number of imide groups is 1. The minimum Gasteiger partial charge on any atom is -0.350 e. The Morgan fingerprint density at radius 1 is 1.21 bits per heavy atom. The van der Waals surface area contributed by atoms with Gasteiger partial charge in [0.25, 0.3) is 0 Å². The van der Waals surface area contributed by atoms with E-state index < -0.39 is 6.04 Å². The van der Waals surface area contributed by atoms with Crippen LogP contribution in [0.5, 0.6) is 0 Å². The Labute approximate surface area is 179 Å². The second-order valence-electron chi connectivity index (χ2n) is 7.29. The molecular formula is C20H24Cl2N2O3S. The lowest BCUT2D eigenvalue weighted by atomic mass is 9.81. The van der Waals surface area contributed by atoms with Crippen LogP contribution in [0.25, 0.3) is 0 Å². The molecule has 2 fully saturated rings. The number of benzene rings is 1. The number of nitrogens with zero attached hydrogens (tertiary/aromatic N) is 1. The first kappa shape index (κ1) is 21.5. The average molecular weight is 443 g/mol. The van der Waals surface area contributed by atoms with Gasteiger partial charge in [-0.3, -0.25) is 19.3 Å². The zero-order valence-corrected chi connectivity index (χ0v) is 18.1. The maximum absolute atomic E-state index is 12.9. The van der Waals surface area contributed by atoms with E-state index in [0.717, 1.165) is 31.2 Å². The summed E-state index contributed by atoms with van der Waals surface area (Å²) in [6, 6.07) is 4.30. The molecule has 1 aliphatic carbocycles. The Kier molecular flexibility index (Phi) is 7.29. The number of likely N-dealkylation sites (tertiary alicyclic amines) is 1. The van der Waals surface area contributed by atoms with Crippen LogP contribution in [-0.2, 0) is 20.9 Å². The van der Waals surface area contributed by atoms with Crippen molar-refractivity contribution >= 4 is 52.7 Å². The minimum absolute atomic E-state index is 0.180. The molecule has 3 atom stereocenters. The molecule has 8 heteroatoms. The molecule has 3 rings (SSSR count). The number of hydrogen-bond acceptors (Lipinski definition) is 4. The summed E-state index contributed by atoms with van der Waals surface area (Å²) < 4.78 is 0. The number of fused-ring (bicyclic) bond motifs is 1. The van der Waals surface area contributed by atoms with Crippen molar-refractivity contribution in [3.05, 3.63) is 33.8 Å². The molecule has 5 nitrogen and oxygen atoms in total. The van der Waals surface area contributed by atoms with Gasteiger partial charge in [0.1, 0.15) is 6.04 Å². The molecule has 1 saturated heterocycles. The maximum Gasteiger partial charge on any atom is 0.243 e. The number of nitrogens with one attached hydrogen (secondary N) is 1. The molecule has 1 aromatic rings. The topological polar surface area (TPSA) is 66.5 Å². The maximum atomic E-state index is 12.9. The largest absolute Gasteiger partial charge is 0.350 e. The van der Waals surface area contributed by atoms with Gasteiger partial charge in [-0.05, 0) is 49.0 Å². The van der Waals surface area contributed by atoms with Gasteiger partial charge in [-0.1, -0.05) is 42.1 Å². The third-order valence-corrected chi connectivity index (χ3v) is 6.78. The summed E-state index contributed by atoms with van der Waals surface area (Å²) in [5, 5.41) is 3.83. The number of hydrogen-bond donors (Lipinski definition) is 1. The first-order valence-corrected chi connectivity index (χ1v) is 11.7. The zero-order valence-electron chi connectivity index (χ0n) is 15.7. The third-order valence-electron chi connectivity index (χ3n) is 5.55. The highest BCUT2D eigenvalue weighted by molar-refractivity contribution is 7.98. The van der Waals surface area contributed by atoms with Gasteiger partial charge in [0, 0.05) is 16.6 Å². The number of carbonyl (C=O) groups is 3. The van der Waals surface area contributed by atoms with Crippen LogP contribution in [0.3, 0.4) is 0 Å². The van der Waals surface area contributed by atoms with E-state index >= 15 is 0 Å². The summed E-state index contributed by atoms with van der Waals surface area (Å²) >= 11 is 13.7. The average Bonchev–Trinajstić information content (AvgIpc) is 2.93. The molecule has 1 aromatic carbocycles. The van der Waals surface area contributed by atoms with Crippen molar-refractivity contribution in [2.75, 3.05) is 12.0 Å². The van der Waals surface area contributed by atoms with Gasteiger partial charge in [0.2, 0.25) is 17.7 Å². The van der Waals surface area contributed by atoms with E-state index in [1.54, 1.807) is 30.0 Å². The lowest BCUT2D eigenvalue weighted by molar-refractivity contribution is -0.148. The van der Waals surface area contributed by atoms with Crippen LogP contribution in [0.15, 0.2) is 18.2 Å². The Morgan fingerprint density at radius 2 is 1.86 bits per heavy atom. The predicted molar refractivity (Wildman–Crippen MR) is 112 cm³/mol. The zero-order chi connectivity index (χ0) is 20.3. The lowest BCUT2D eigenvalue weighted by Gasteiger charge is -2.26. The Hall–Kier alpha value is -1.24.